The van der Waals surface area contributed by atoms with E-state index in [4.69, 9.17) is 5.73 Å². The maximum absolute atomic E-state index is 12.7. The van der Waals surface area contributed by atoms with Crippen LogP contribution in [0.25, 0.3) is 0 Å². The minimum atomic E-state index is -3.71. The van der Waals surface area contributed by atoms with Crippen molar-refractivity contribution in [3.63, 3.8) is 0 Å². The standard InChI is InChI=1S/C14H21N3O3S/c1-10(15)11-4-6-12(7-5-11)21(19,20)17-9-8-16-13(18)14(17,2)3/h4-7,10H,8-9,15H2,1-3H3,(H,16,18). The van der Waals surface area contributed by atoms with Crippen molar-refractivity contribution in [1.82, 2.24) is 9.62 Å². The second-order valence-electron chi connectivity index (χ2n) is 5.75. The van der Waals surface area contributed by atoms with Gasteiger partial charge in [-0.05, 0) is 38.5 Å². The maximum Gasteiger partial charge on any atom is 0.244 e. The van der Waals surface area contributed by atoms with Crippen molar-refractivity contribution in [3.8, 4) is 0 Å². The van der Waals surface area contributed by atoms with Gasteiger partial charge in [0.15, 0.2) is 0 Å². The zero-order valence-corrected chi connectivity index (χ0v) is 13.3. The molecule has 0 aromatic heterocycles. The number of sulfonamides is 1. The normalized spacial score (nSPS) is 20.9. The Morgan fingerprint density at radius 3 is 2.38 bits per heavy atom. The van der Waals surface area contributed by atoms with Gasteiger partial charge in [-0.1, -0.05) is 12.1 Å². The van der Waals surface area contributed by atoms with Crippen LogP contribution in [0.1, 0.15) is 32.4 Å². The molecule has 2 rings (SSSR count). The highest BCUT2D eigenvalue weighted by atomic mass is 32.2. The van der Waals surface area contributed by atoms with Gasteiger partial charge >= 0.3 is 0 Å². The number of piperazine rings is 1. The number of carbonyl (C=O) groups excluding carboxylic acids is 1. The summed E-state index contributed by atoms with van der Waals surface area (Å²) in [5, 5.41) is 2.69. The molecular weight excluding hydrogens is 290 g/mol. The highest BCUT2D eigenvalue weighted by Gasteiger charge is 2.44. The quantitative estimate of drug-likeness (QED) is 0.855. The van der Waals surface area contributed by atoms with Gasteiger partial charge in [-0.2, -0.15) is 4.31 Å². The first-order chi connectivity index (χ1) is 9.67. The summed E-state index contributed by atoms with van der Waals surface area (Å²) < 4.78 is 26.7. The largest absolute Gasteiger partial charge is 0.353 e. The van der Waals surface area contributed by atoms with E-state index in [1.54, 1.807) is 26.0 Å². The summed E-state index contributed by atoms with van der Waals surface area (Å²) in [5.74, 6) is -0.287. The lowest BCUT2D eigenvalue weighted by molar-refractivity contribution is -0.131. The Bertz CT molecular complexity index is 636. The van der Waals surface area contributed by atoms with Crippen molar-refractivity contribution >= 4 is 15.9 Å². The second-order valence-corrected chi connectivity index (χ2v) is 7.61. The second kappa shape index (κ2) is 5.40. The monoisotopic (exact) mass is 311 g/mol. The molecular formula is C14H21N3O3S. The average molecular weight is 311 g/mol. The number of hydrogen-bond acceptors (Lipinski definition) is 4. The summed E-state index contributed by atoms with van der Waals surface area (Å²) in [6.07, 6.45) is 0. The van der Waals surface area contributed by atoms with Crippen molar-refractivity contribution < 1.29 is 13.2 Å². The molecule has 0 saturated carbocycles. The molecule has 1 amide bonds. The Labute approximate surface area is 125 Å². The van der Waals surface area contributed by atoms with E-state index in [-0.39, 0.29) is 23.4 Å². The fourth-order valence-electron chi connectivity index (χ4n) is 2.37. The number of nitrogens with one attached hydrogen (secondary N) is 1. The Hall–Kier alpha value is -1.44. The van der Waals surface area contributed by atoms with E-state index >= 15 is 0 Å². The van der Waals surface area contributed by atoms with E-state index in [1.165, 1.54) is 16.4 Å². The Balaban J connectivity index is 2.39. The highest BCUT2D eigenvalue weighted by molar-refractivity contribution is 7.89. The minimum Gasteiger partial charge on any atom is -0.353 e. The summed E-state index contributed by atoms with van der Waals surface area (Å²) in [6.45, 7) is 5.63. The molecule has 116 valence electrons. The van der Waals surface area contributed by atoms with Gasteiger partial charge in [0.25, 0.3) is 0 Å². The van der Waals surface area contributed by atoms with Crippen molar-refractivity contribution in [2.45, 2.75) is 37.2 Å². The van der Waals surface area contributed by atoms with Crippen LogP contribution >= 0.6 is 0 Å². The topological polar surface area (TPSA) is 92.5 Å². The molecule has 1 aromatic rings. The van der Waals surface area contributed by atoms with Crippen LogP contribution in [-0.4, -0.2) is 37.3 Å². The van der Waals surface area contributed by atoms with Gasteiger partial charge in [0.05, 0.1) is 4.90 Å². The fourth-order valence-corrected chi connectivity index (χ4v) is 4.12. The van der Waals surface area contributed by atoms with Gasteiger partial charge in [-0.3, -0.25) is 4.79 Å². The third kappa shape index (κ3) is 2.81. The van der Waals surface area contributed by atoms with Gasteiger partial charge in [0.1, 0.15) is 5.54 Å². The molecule has 1 fully saturated rings. The Morgan fingerprint density at radius 2 is 1.86 bits per heavy atom. The van der Waals surface area contributed by atoms with Crippen molar-refractivity contribution in [1.29, 1.82) is 0 Å². The van der Waals surface area contributed by atoms with E-state index in [0.717, 1.165) is 5.56 Å². The van der Waals surface area contributed by atoms with E-state index < -0.39 is 15.6 Å². The average Bonchev–Trinajstić information content (AvgIpc) is 2.41. The summed E-state index contributed by atoms with van der Waals surface area (Å²) >= 11 is 0. The SMILES string of the molecule is CC(N)c1ccc(S(=O)(=O)N2CCNC(=O)C2(C)C)cc1. The zero-order valence-electron chi connectivity index (χ0n) is 12.5. The molecule has 1 unspecified atom stereocenters. The first kappa shape index (κ1) is 15.9. The van der Waals surface area contributed by atoms with Crippen molar-refractivity contribution in [3.05, 3.63) is 29.8 Å². The number of rotatable bonds is 3. The highest BCUT2D eigenvalue weighted by Crippen LogP contribution is 2.27. The van der Waals surface area contributed by atoms with E-state index in [0.29, 0.717) is 6.54 Å². The van der Waals surface area contributed by atoms with Crippen LogP contribution in [0.2, 0.25) is 0 Å². The van der Waals surface area contributed by atoms with E-state index in [9.17, 15) is 13.2 Å². The summed E-state index contributed by atoms with van der Waals surface area (Å²) in [4.78, 5) is 12.1. The van der Waals surface area contributed by atoms with Gasteiger partial charge in [0, 0.05) is 19.1 Å². The molecule has 1 atom stereocenters. The number of benzene rings is 1. The van der Waals surface area contributed by atoms with Gasteiger partial charge in [-0.15, -0.1) is 0 Å². The van der Waals surface area contributed by atoms with Gasteiger partial charge < -0.3 is 11.1 Å². The smallest absolute Gasteiger partial charge is 0.244 e. The van der Waals surface area contributed by atoms with Crippen LogP contribution in [0.15, 0.2) is 29.2 Å². The molecule has 1 heterocycles. The molecule has 1 aromatic carbocycles. The number of nitrogens with two attached hydrogens (primary N) is 1. The molecule has 0 radical (unpaired) electrons. The number of carbonyl (C=O) groups is 1. The van der Waals surface area contributed by atoms with Crippen LogP contribution in [0, 0.1) is 0 Å². The third-order valence-corrected chi connectivity index (χ3v) is 5.86. The minimum absolute atomic E-state index is 0.154. The summed E-state index contributed by atoms with van der Waals surface area (Å²) in [5.41, 5.74) is 5.53. The Morgan fingerprint density at radius 1 is 1.29 bits per heavy atom. The molecule has 0 bridgehead atoms. The lowest BCUT2D eigenvalue weighted by Crippen LogP contribution is -2.63. The molecule has 6 nitrogen and oxygen atoms in total. The van der Waals surface area contributed by atoms with Gasteiger partial charge in [0.2, 0.25) is 15.9 Å². The van der Waals surface area contributed by atoms with Crippen LogP contribution in [0.4, 0.5) is 0 Å². The van der Waals surface area contributed by atoms with Crippen LogP contribution < -0.4 is 11.1 Å². The predicted octanol–water partition coefficient (Wildman–Crippen LogP) is 0.605. The van der Waals surface area contributed by atoms with Crippen LogP contribution in [0.5, 0.6) is 0 Å². The lowest BCUT2D eigenvalue weighted by atomic mass is 10.0. The molecule has 1 aliphatic rings. The molecule has 21 heavy (non-hydrogen) atoms. The molecule has 0 aliphatic carbocycles. The molecule has 0 spiro atoms. The van der Waals surface area contributed by atoms with E-state index in [1.807, 2.05) is 6.92 Å². The summed E-state index contributed by atoms with van der Waals surface area (Å²) in [7, 11) is -3.71. The zero-order chi connectivity index (χ0) is 15.8. The lowest BCUT2D eigenvalue weighted by Gasteiger charge is -2.39. The van der Waals surface area contributed by atoms with Crippen molar-refractivity contribution in [2.75, 3.05) is 13.1 Å². The van der Waals surface area contributed by atoms with Crippen LogP contribution in [-0.2, 0) is 14.8 Å². The molecule has 1 aliphatic heterocycles. The summed E-state index contributed by atoms with van der Waals surface area (Å²) in [6, 6.07) is 6.33. The predicted molar refractivity (Wildman–Crippen MR) is 80.0 cm³/mol. The first-order valence-corrected chi connectivity index (χ1v) is 8.28. The third-order valence-electron chi connectivity index (χ3n) is 3.77. The van der Waals surface area contributed by atoms with E-state index in [2.05, 4.69) is 5.32 Å². The van der Waals surface area contributed by atoms with Gasteiger partial charge in [-0.25, -0.2) is 8.42 Å². The Kier molecular flexibility index (Phi) is 4.10. The number of nitrogens with zero attached hydrogens (tertiary/aromatic N) is 1. The fraction of sp³-hybridized carbons (Fsp3) is 0.500. The molecule has 3 N–H and O–H groups in total. The molecule has 1 saturated heterocycles. The number of hydrogen-bond donors (Lipinski definition) is 2. The van der Waals surface area contributed by atoms with Crippen molar-refractivity contribution in [2.24, 2.45) is 5.73 Å². The maximum atomic E-state index is 12.7. The number of amides is 1. The first-order valence-electron chi connectivity index (χ1n) is 6.84. The van der Waals surface area contributed by atoms with Crippen LogP contribution in [0.3, 0.4) is 0 Å². The molecule has 7 heteroatoms.